The van der Waals surface area contributed by atoms with E-state index in [-0.39, 0.29) is 11.6 Å². The molecule has 1 aromatic carbocycles. The molecule has 0 unspecified atom stereocenters. The quantitative estimate of drug-likeness (QED) is 0.607. The molecule has 1 amide bonds. The molecule has 2 aromatic heterocycles. The van der Waals surface area contributed by atoms with Gasteiger partial charge in [0.25, 0.3) is 5.91 Å². The zero-order valence-corrected chi connectivity index (χ0v) is 16.0. The summed E-state index contributed by atoms with van der Waals surface area (Å²) < 4.78 is 51.3. The zero-order valence-electron chi connectivity index (χ0n) is 15.2. The molecule has 0 spiro atoms. The maximum absolute atomic E-state index is 13.0. The second kappa shape index (κ2) is 7.03. The van der Waals surface area contributed by atoms with Crippen molar-refractivity contribution in [1.82, 2.24) is 24.7 Å². The van der Waals surface area contributed by atoms with Crippen LogP contribution in [0.25, 0.3) is 5.65 Å². The lowest BCUT2D eigenvalue weighted by Gasteiger charge is -2.44. The number of sulfone groups is 1. The number of aromatic nitrogens is 4. The highest BCUT2D eigenvalue weighted by molar-refractivity contribution is 7.91. The molecule has 4 rings (SSSR count). The Labute approximate surface area is 164 Å². The first-order valence-electron chi connectivity index (χ1n) is 8.59. The summed E-state index contributed by atoms with van der Waals surface area (Å²) in [5.41, 5.74) is 0.341. The maximum atomic E-state index is 13.0. The zero-order chi connectivity index (χ0) is 20.8. The van der Waals surface area contributed by atoms with E-state index in [9.17, 15) is 22.0 Å². The van der Waals surface area contributed by atoms with Crippen LogP contribution in [-0.2, 0) is 9.84 Å². The van der Waals surface area contributed by atoms with Crippen molar-refractivity contribution in [2.24, 2.45) is 0 Å². The van der Waals surface area contributed by atoms with Gasteiger partial charge in [-0.1, -0.05) is 12.1 Å². The van der Waals surface area contributed by atoms with Crippen LogP contribution in [0.5, 0.6) is 0 Å². The summed E-state index contributed by atoms with van der Waals surface area (Å²) in [4.78, 5) is 15.4. The lowest BCUT2D eigenvalue weighted by atomic mass is 10.1. The molecule has 0 radical (unpaired) electrons. The highest BCUT2D eigenvalue weighted by atomic mass is 32.2. The van der Waals surface area contributed by atoms with Gasteiger partial charge in [-0.05, 0) is 24.3 Å². The summed E-state index contributed by atoms with van der Waals surface area (Å²) in [5.74, 6) is -3.55. The van der Waals surface area contributed by atoms with Gasteiger partial charge < -0.3 is 9.80 Å². The predicted molar refractivity (Wildman–Crippen MR) is 98.5 cm³/mol. The maximum Gasteiger partial charge on any atom is 0.341 e. The van der Waals surface area contributed by atoms with Crippen molar-refractivity contribution in [1.29, 1.82) is 0 Å². The lowest BCUT2D eigenvalue weighted by molar-refractivity contribution is 0.0701. The molecule has 1 fully saturated rings. The predicted octanol–water partition coefficient (Wildman–Crippen LogP) is 1.08. The summed E-state index contributed by atoms with van der Waals surface area (Å²) in [6.45, 7) is 0.930. The van der Waals surface area contributed by atoms with E-state index in [4.69, 9.17) is 0 Å². The Morgan fingerprint density at radius 3 is 2.66 bits per heavy atom. The number of hydrogen-bond donors (Lipinski definition) is 0. The van der Waals surface area contributed by atoms with E-state index in [1.165, 1.54) is 41.0 Å². The Morgan fingerprint density at radius 1 is 1.21 bits per heavy atom. The fourth-order valence-electron chi connectivity index (χ4n) is 3.12. The molecule has 1 saturated heterocycles. The van der Waals surface area contributed by atoms with Crippen LogP contribution in [0.4, 0.5) is 14.6 Å². The summed E-state index contributed by atoms with van der Waals surface area (Å²) >= 11 is 0. The van der Waals surface area contributed by atoms with E-state index in [1.807, 2.05) is 4.90 Å². The van der Waals surface area contributed by atoms with Crippen LogP contribution < -0.4 is 4.90 Å². The second-order valence-electron chi connectivity index (χ2n) is 6.60. The molecular weight excluding hydrogens is 406 g/mol. The minimum Gasteiger partial charge on any atom is -0.351 e. The number of rotatable bonds is 5. The standard InChI is InChI=1S/C17H16F2N6O3S/c1-23(16(26)12-4-2-3-5-13(12)29(27,28)17(18)19)11-8-24(9-11)15-7-6-14-21-20-10-25(14)22-15/h2-7,10-11,17H,8-9H2,1H3. The van der Waals surface area contributed by atoms with Crippen LogP contribution in [0.2, 0.25) is 0 Å². The minimum absolute atomic E-state index is 0.219. The highest BCUT2D eigenvalue weighted by Crippen LogP contribution is 2.26. The largest absolute Gasteiger partial charge is 0.351 e. The Kier molecular flexibility index (Phi) is 4.65. The second-order valence-corrected chi connectivity index (χ2v) is 8.49. The molecule has 0 saturated carbocycles. The van der Waals surface area contributed by atoms with Gasteiger partial charge in [-0.2, -0.15) is 13.3 Å². The van der Waals surface area contributed by atoms with Crippen LogP contribution in [-0.4, -0.2) is 71.0 Å². The Hall–Kier alpha value is -3.15. The SMILES string of the molecule is CN(C(=O)c1ccccc1S(=O)(=O)C(F)F)C1CN(c2ccc3nncn3n2)C1. The van der Waals surface area contributed by atoms with Crippen LogP contribution in [0, 0.1) is 0 Å². The summed E-state index contributed by atoms with van der Waals surface area (Å²) in [6.07, 6.45) is 1.48. The number of alkyl halides is 2. The van der Waals surface area contributed by atoms with E-state index < -0.39 is 26.4 Å². The van der Waals surface area contributed by atoms with Crippen molar-refractivity contribution in [3.05, 3.63) is 48.3 Å². The minimum atomic E-state index is -4.89. The van der Waals surface area contributed by atoms with Crippen molar-refractivity contribution in [3.63, 3.8) is 0 Å². The van der Waals surface area contributed by atoms with E-state index in [2.05, 4.69) is 15.3 Å². The molecule has 3 heterocycles. The van der Waals surface area contributed by atoms with E-state index in [1.54, 1.807) is 12.1 Å². The molecule has 0 aliphatic carbocycles. The number of carbonyl (C=O) groups is 1. The van der Waals surface area contributed by atoms with E-state index >= 15 is 0 Å². The van der Waals surface area contributed by atoms with Crippen molar-refractivity contribution >= 4 is 27.2 Å². The number of benzene rings is 1. The van der Waals surface area contributed by atoms with Crippen molar-refractivity contribution in [3.8, 4) is 0 Å². The molecule has 3 aromatic rings. The lowest BCUT2D eigenvalue weighted by Crippen LogP contribution is -2.60. The molecule has 9 nitrogen and oxygen atoms in total. The van der Waals surface area contributed by atoms with Gasteiger partial charge in [-0.3, -0.25) is 4.79 Å². The smallest absolute Gasteiger partial charge is 0.341 e. The summed E-state index contributed by atoms with van der Waals surface area (Å²) in [5, 5.41) is 12.0. The average Bonchev–Trinajstić information content (AvgIpc) is 3.14. The molecule has 1 aliphatic rings. The van der Waals surface area contributed by atoms with Crippen LogP contribution >= 0.6 is 0 Å². The van der Waals surface area contributed by atoms with Gasteiger partial charge in [0.15, 0.2) is 5.65 Å². The Bertz CT molecular complexity index is 1180. The van der Waals surface area contributed by atoms with Crippen LogP contribution in [0.1, 0.15) is 10.4 Å². The van der Waals surface area contributed by atoms with Gasteiger partial charge in [-0.15, -0.1) is 15.3 Å². The fourth-order valence-corrected chi connectivity index (χ4v) is 4.04. The number of likely N-dealkylation sites (N-methyl/N-ethyl adjacent to an activating group) is 1. The third-order valence-electron chi connectivity index (χ3n) is 4.86. The van der Waals surface area contributed by atoms with Gasteiger partial charge in [0.2, 0.25) is 9.84 Å². The number of carbonyl (C=O) groups excluding carboxylic acids is 1. The van der Waals surface area contributed by atoms with Gasteiger partial charge in [-0.25, -0.2) is 8.42 Å². The molecule has 0 N–H and O–H groups in total. The monoisotopic (exact) mass is 422 g/mol. The number of anilines is 1. The number of hydrogen-bond acceptors (Lipinski definition) is 7. The number of halogens is 2. The van der Waals surface area contributed by atoms with E-state index in [0.29, 0.717) is 24.6 Å². The Balaban J connectivity index is 1.50. The first-order valence-corrected chi connectivity index (χ1v) is 10.1. The first-order chi connectivity index (χ1) is 13.8. The Morgan fingerprint density at radius 2 is 1.93 bits per heavy atom. The average molecular weight is 422 g/mol. The normalized spacial score (nSPS) is 15.0. The summed E-state index contributed by atoms with van der Waals surface area (Å²) in [7, 11) is -3.36. The molecular formula is C17H16F2N6O3S. The van der Waals surface area contributed by atoms with Gasteiger partial charge in [0, 0.05) is 20.1 Å². The topological polar surface area (TPSA) is 101 Å². The van der Waals surface area contributed by atoms with Crippen molar-refractivity contribution in [2.45, 2.75) is 16.7 Å². The molecule has 0 bridgehead atoms. The van der Waals surface area contributed by atoms with E-state index in [0.717, 1.165) is 6.07 Å². The van der Waals surface area contributed by atoms with Gasteiger partial charge >= 0.3 is 5.76 Å². The molecule has 29 heavy (non-hydrogen) atoms. The first kappa shape index (κ1) is 19.2. The molecule has 1 aliphatic heterocycles. The third-order valence-corrected chi connectivity index (χ3v) is 6.30. The van der Waals surface area contributed by atoms with Crippen LogP contribution in [0.15, 0.2) is 47.6 Å². The highest BCUT2D eigenvalue weighted by Gasteiger charge is 2.37. The number of amides is 1. The van der Waals surface area contributed by atoms with Crippen LogP contribution in [0.3, 0.4) is 0 Å². The van der Waals surface area contributed by atoms with Crippen molar-refractivity contribution < 1.29 is 22.0 Å². The number of fused-ring (bicyclic) bond motifs is 1. The molecule has 0 atom stereocenters. The molecule has 12 heteroatoms. The van der Waals surface area contributed by atoms with Gasteiger partial charge in [0.1, 0.15) is 12.1 Å². The summed E-state index contributed by atoms with van der Waals surface area (Å²) in [6, 6.07) is 8.35. The van der Waals surface area contributed by atoms with Crippen molar-refractivity contribution in [2.75, 3.05) is 25.0 Å². The third kappa shape index (κ3) is 3.28. The fraction of sp³-hybridized carbons (Fsp3) is 0.294. The van der Waals surface area contributed by atoms with Gasteiger partial charge in [0.05, 0.1) is 16.5 Å². The molecule has 152 valence electrons. The number of nitrogens with zero attached hydrogens (tertiary/aromatic N) is 6.